The van der Waals surface area contributed by atoms with E-state index in [9.17, 15) is 4.79 Å². The fraction of sp³-hybridized carbons (Fsp3) is 0.235. The Morgan fingerprint density at radius 2 is 1.95 bits per heavy atom. The lowest BCUT2D eigenvalue weighted by molar-refractivity contribution is 0.102. The lowest BCUT2D eigenvalue weighted by Gasteiger charge is -2.11. The number of fused-ring (bicyclic) bond motifs is 1. The zero-order valence-electron chi connectivity index (χ0n) is 12.2. The molecule has 0 aromatic heterocycles. The van der Waals surface area contributed by atoms with E-state index in [4.69, 9.17) is 10.5 Å². The second-order valence-electron chi connectivity index (χ2n) is 5.40. The molecule has 0 bridgehead atoms. The van der Waals surface area contributed by atoms with E-state index in [-0.39, 0.29) is 5.91 Å². The van der Waals surface area contributed by atoms with Crippen LogP contribution in [0.15, 0.2) is 30.3 Å². The Labute approximate surface area is 123 Å². The molecule has 0 radical (unpaired) electrons. The van der Waals surface area contributed by atoms with E-state index in [0.29, 0.717) is 23.5 Å². The number of nitrogens with one attached hydrogen (secondary N) is 1. The van der Waals surface area contributed by atoms with E-state index >= 15 is 0 Å². The molecule has 0 saturated carbocycles. The number of hydrogen-bond donors (Lipinski definition) is 2. The molecule has 0 unspecified atom stereocenters. The summed E-state index contributed by atoms with van der Waals surface area (Å²) in [5, 5.41) is 2.88. The summed E-state index contributed by atoms with van der Waals surface area (Å²) in [6, 6.07) is 9.28. The average molecular weight is 282 g/mol. The van der Waals surface area contributed by atoms with Crippen molar-refractivity contribution in [3.63, 3.8) is 0 Å². The summed E-state index contributed by atoms with van der Waals surface area (Å²) in [5.74, 6) is 0.719. The maximum atomic E-state index is 12.4. The van der Waals surface area contributed by atoms with Crippen molar-refractivity contribution in [3.05, 3.63) is 52.6 Å². The Morgan fingerprint density at radius 3 is 2.76 bits per heavy atom. The predicted molar refractivity (Wildman–Crippen MR) is 83.9 cm³/mol. The van der Waals surface area contributed by atoms with E-state index in [1.54, 1.807) is 6.07 Å². The molecule has 21 heavy (non-hydrogen) atoms. The van der Waals surface area contributed by atoms with Gasteiger partial charge in [0.2, 0.25) is 0 Å². The smallest absolute Gasteiger partial charge is 0.255 e. The van der Waals surface area contributed by atoms with Gasteiger partial charge in [0, 0.05) is 12.0 Å². The molecule has 0 spiro atoms. The third kappa shape index (κ3) is 2.57. The highest BCUT2D eigenvalue weighted by Gasteiger charge is 2.15. The number of anilines is 2. The summed E-state index contributed by atoms with van der Waals surface area (Å²) >= 11 is 0. The summed E-state index contributed by atoms with van der Waals surface area (Å²) in [4.78, 5) is 12.4. The molecule has 1 aliphatic rings. The number of rotatable bonds is 2. The van der Waals surface area contributed by atoms with Crippen LogP contribution in [0.25, 0.3) is 0 Å². The van der Waals surface area contributed by atoms with Crippen molar-refractivity contribution in [1.82, 2.24) is 0 Å². The van der Waals surface area contributed by atoms with E-state index in [1.807, 2.05) is 38.1 Å². The summed E-state index contributed by atoms with van der Waals surface area (Å²) in [5.41, 5.74) is 11.1. The molecule has 1 heterocycles. The number of amides is 1. The first-order chi connectivity index (χ1) is 10.0. The first-order valence-electron chi connectivity index (χ1n) is 6.98. The van der Waals surface area contributed by atoms with Crippen LogP contribution in [0.2, 0.25) is 0 Å². The molecule has 108 valence electrons. The van der Waals surface area contributed by atoms with E-state index in [2.05, 4.69) is 5.32 Å². The van der Waals surface area contributed by atoms with Crippen molar-refractivity contribution in [2.75, 3.05) is 17.7 Å². The largest absolute Gasteiger partial charge is 0.493 e. The van der Waals surface area contributed by atoms with Gasteiger partial charge in [0.15, 0.2) is 0 Å². The molecule has 3 N–H and O–H groups in total. The van der Waals surface area contributed by atoms with Crippen LogP contribution in [0.1, 0.15) is 27.0 Å². The highest BCUT2D eigenvalue weighted by molar-refractivity contribution is 6.06. The molecular weight excluding hydrogens is 264 g/mol. The van der Waals surface area contributed by atoms with E-state index < -0.39 is 0 Å². The Morgan fingerprint density at radius 1 is 1.19 bits per heavy atom. The second kappa shape index (κ2) is 5.13. The van der Waals surface area contributed by atoms with Crippen LogP contribution in [-0.4, -0.2) is 12.5 Å². The summed E-state index contributed by atoms with van der Waals surface area (Å²) in [6.07, 6.45) is 0.849. The molecular formula is C17H18N2O2. The maximum Gasteiger partial charge on any atom is 0.255 e. The maximum absolute atomic E-state index is 12.4. The molecule has 4 heteroatoms. The van der Waals surface area contributed by atoms with Crippen LogP contribution in [0.4, 0.5) is 11.4 Å². The highest BCUT2D eigenvalue weighted by atomic mass is 16.5. The van der Waals surface area contributed by atoms with Gasteiger partial charge in [-0.3, -0.25) is 4.79 Å². The van der Waals surface area contributed by atoms with E-state index in [0.717, 1.165) is 28.9 Å². The number of nitrogen functional groups attached to an aromatic ring is 1. The van der Waals surface area contributed by atoms with Crippen molar-refractivity contribution >= 4 is 17.3 Å². The number of carbonyl (C=O) groups excluding carboxylic acids is 1. The van der Waals surface area contributed by atoms with E-state index in [1.165, 1.54) is 0 Å². The lowest BCUT2D eigenvalue weighted by Crippen LogP contribution is -2.13. The fourth-order valence-electron chi connectivity index (χ4n) is 2.47. The van der Waals surface area contributed by atoms with Crippen molar-refractivity contribution in [2.24, 2.45) is 0 Å². The van der Waals surface area contributed by atoms with Gasteiger partial charge in [-0.05, 0) is 60.9 Å². The van der Waals surface area contributed by atoms with Gasteiger partial charge in [-0.2, -0.15) is 0 Å². The molecule has 0 saturated heterocycles. The first kappa shape index (κ1) is 13.5. The molecule has 1 aliphatic heterocycles. The van der Waals surface area contributed by atoms with Crippen LogP contribution < -0.4 is 15.8 Å². The summed E-state index contributed by atoms with van der Waals surface area (Å²) in [7, 11) is 0. The molecule has 4 nitrogen and oxygen atoms in total. The Kier molecular flexibility index (Phi) is 3.29. The molecule has 0 atom stereocenters. The highest BCUT2D eigenvalue weighted by Crippen LogP contribution is 2.27. The van der Waals surface area contributed by atoms with Gasteiger partial charge < -0.3 is 15.8 Å². The van der Waals surface area contributed by atoms with Crippen molar-refractivity contribution < 1.29 is 9.53 Å². The molecule has 0 aliphatic carbocycles. The van der Waals surface area contributed by atoms with Crippen LogP contribution in [-0.2, 0) is 6.42 Å². The quantitative estimate of drug-likeness (QED) is 0.832. The monoisotopic (exact) mass is 282 g/mol. The van der Waals surface area contributed by atoms with Crippen molar-refractivity contribution in [1.29, 1.82) is 0 Å². The predicted octanol–water partition coefficient (Wildman–Crippen LogP) is 3.07. The minimum atomic E-state index is -0.153. The number of carbonyl (C=O) groups is 1. The Balaban J connectivity index is 1.85. The van der Waals surface area contributed by atoms with Gasteiger partial charge in [-0.1, -0.05) is 0 Å². The van der Waals surface area contributed by atoms with Crippen LogP contribution in [0.5, 0.6) is 5.75 Å². The topological polar surface area (TPSA) is 64.3 Å². The van der Waals surface area contributed by atoms with Gasteiger partial charge in [0.25, 0.3) is 5.91 Å². The zero-order chi connectivity index (χ0) is 15.0. The first-order valence-corrected chi connectivity index (χ1v) is 6.98. The van der Waals surface area contributed by atoms with Gasteiger partial charge in [-0.15, -0.1) is 0 Å². The molecule has 3 rings (SSSR count). The molecule has 0 fully saturated rings. The summed E-state index contributed by atoms with van der Waals surface area (Å²) in [6.45, 7) is 4.68. The molecule has 1 amide bonds. The zero-order valence-corrected chi connectivity index (χ0v) is 12.2. The minimum Gasteiger partial charge on any atom is -0.493 e. The fourth-order valence-corrected chi connectivity index (χ4v) is 2.47. The number of aryl methyl sites for hydroxylation is 2. The van der Waals surface area contributed by atoms with Gasteiger partial charge in [-0.25, -0.2) is 0 Å². The number of ether oxygens (including phenoxy) is 1. The molecule has 2 aromatic carbocycles. The minimum absolute atomic E-state index is 0.153. The van der Waals surface area contributed by atoms with Crippen molar-refractivity contribution in [2.45, 2.75) is 20.3 Å². The second-order valence-corrected chi connectivity index (χ2v) is 5.40. The lowest BCUT2D eigenvalue weighted by atomic mass is 10.1. The third-order valence-corrected chi connectivity index (χ3v) is 3.87. The van der Waals surface area contributed by atoms with Gasteiger partial charge in [0.1, 0.15) is 5.75 Å². The number of hydrogen-bond acceptors (Lipinski definition) is 3. The third-order valence-electron chi connectivity index (χ3n) is 3.87. The van der Waals surface area contributed by atoms with Crippen LogP contribution >= 0.6 is 0 Å². The van der Waals surface area contributed by atoms with Gasteiger partial charge >= 0.3 is 0 Å². The van der Waals surface area contributed by atoms with Crippen molar-refractivity contribution in [3.8, 4) is 5.75 Å². The molecule has 2 aromatic rings. The average Bonchev–Trinajstić information content (AvgIpc) is 2.92. The van der Waals surface area contributed by atoms with Gasteiger partial charge in [0.05, 0.1) is 18.0 Å². The number of benzene rings is 2. The van der Waals surface area contributed by atoms with Crippen LogP contribution in [0.3, 0.4) is 0 Å². The summed E-state index contributed by atoms with van der Waals surface area (Å²) < 4.78 is 5.45. The van der Waals surface area contributed by atoms with Crippen LogP contribution in [0, 0.1) is 13.8 Å². The standard InChI is InChI=1S/C17H18N2O2/c1-10-7-14(18)15(8-11(10)2)19-17(20)13-3-4-16-12(9-13)5-6-21-16/h3-4,7-9H,5-6,18H2,1-2H3,(H,19,20). The SMILES string of the molecule is Cc1cc(N)c(NC(=O)c2ccc3c(c2)CCO3)cc1C. The normalized spacial score (nSPS) is 12.7. The Hall–Kier alpha value is -2.49. The Bertz CT molecular complexity index is 723. The number of nitrogens with two attached hydrogens (primary N) is 1.